The van der Waals surface area contributed by atoms with E-state index in [4.69, 9.17) is 16.3 Å². The van der Waals surface area contributed by atoms with Crippen LogP contribution in [0, 0.1) is 5.92 Å². The number of benzene rings is 1. The molecular formula is C15H16ClNO2. The third-order valence-electron chi connectivity index (χ3n) is 3.87. The van der Waals surface area contributed by atoms with E-state index >= 15 is 0 Å². The molecule has 0 saturated carbocycles. The lowest BCUT2D eigenvalue weighted by molar-refractivity contribution is -0.145. The molecule has 3 rings (SSSR count). The molecule has 0 bridgehead atoms. The van der Waals surface area contributed by atoms with Crippen LogP contribution in [0.15, 0.2) is 30.4 Å². The summed E-state index contributed by atoms with van der Waals surface area (Å²) in [6, 6.07) is 5.49. The quantitative estimate of drug-likeness (QED) is 0.665. The van der Waals surface area contributed by atoms with Crippen molar-refractivity contribution in [2.45, 2.75) is 25.3 Å². The van der Waals surface area contributed by atoms with Crippen LogP contribution in [-0.4, -0.2) is 18.6 Å². The molecule has 0 saturated heterocycles. The van der Waals surface area contributed by atoms with Crippen LogP contribution in [0.4, 0.5) is 5.69 Å². The maximum absolute atomic E-state index is 12.1. The molecule has 0 spiro atoms. The van der Waals surface area contributed by atoms with Crippen molar-refractivity contribution in [3.8, 4) is 0 Å². The normalized spacial score (nSPS) is 27.4. The number of carbonyl (C=O) groups is 1. The molecule has 1 aromatic rings. The average molecular weight is 278 g/mol. The Morgan fingerprint density at radius 1 is 1.53 bits per heavy atom. The van der Waals surface area contributed by atoms with Gasteiger partial charge in [-0.2, -0.15) is 0 Å². The molecule has 4 heteroatoms. The van der Waals surface area contributed by atoms with Gasteiger partial charge in [-0.1, -0.05) is 23.8 Å². The summed E-state index contributed by atoms with van der Waals surface area (Å²) >= 11 is 6.07. The minimum atomic E-state index is -0.270. The monoisotopic (exact) mass is 277 g/mol. The number of hydrogen-bond donors (Lipinski definition) is 1. The van der Waals surface area contributed by atoms with E-state index in [2.05, 4.69) is 17.5 Å². The van der Waals surface area contributed by atoms with Gasteiger partial charge in [0.1, 0.15) is 6.04 Å². The van der Waals surface area contributed by atoms with Crippen molar-refractivity contribution < 1.29 is 9.53 Å². The third kappa shape index (κ3) is 2.12. The summed E-state index contributed by atoms with van der Waals surface area (Å²) in [7, 11) is 0. The van der Waals surface area contributed by atoms with Gasteiger partial charge in [0, 0.05) is 22.5 Å². The Labute approximate surface area is 117 Å². The van der Waals surface area contributed by atoms with Gasteiger partial charge in [-0.25, -0.2) is 4.79 Å². The van der Waals surface area contributed by atoms with Crippen LogP contribution in [0.3, 0.4) is 0 Å². The number of hydrogen-bond acceptors (Lipinski definition) is 3. The highest BCUT2D eigenvalue weighted by molar-refractivity contribution is 6.30. The maximum Gasteiger partial charge on any atom is 0.328 e. The fourth-order valence-electron chi connectivity index (χ4n) is 3.03. The Hall–Kier alpha value is -1.48. The second kappa shape index (κ2) is 4.89. The number of ether oxygens (including phenoxy) is 1. The van der Waals surface area contributed by atoms with Crippen LogP contribution < -0.4 is 5.32 Å². The summed E-state index contributed by atoms with van der Waals surface area (Å²) in [5.41, 5.74) is 2.15. The smallest absolute Gasteiger partial charge is 0.328 e. The van der Waals surface area contributed by atoms with E-state index in [1.165, 1.54) is 5.56 Å². The van der Waals surface area contributed by atoms with E-state index < -0.39 is 0 Å². The molecule has 1 aliphatic heterocycles. The van der Waals surface area contributed by atoms with Gasteiger partial charge in [-0.05, 0) is 37.1 Å². The van der Waals surface area contributed by atoms with Gasteiger partial charge in [-0.15, -0.1) is 0 Å². The number of fused-ring (bicyclic) bond motifs is 3. The summed E-state index contributed by atoms with van der Waals surface area (Å²) < 4.78 is 5.17. The van der Waals surface area contributed by atoms with E-state index in [1.807, 2.05) is 25.1 Å². The molecule has 0 unspecified atom stereocenters. The van der Waals surface area contributed by atoms with E-state index in [0.717, 1.165) is 17.1 Å². The molecule has 0 aromatic heterocycles. The van der Waals surface area contributed by atoms with Crippen molar-refractivity contribution in [3.63, 3.8) is 0 Å². The fourth-order valence-corrected chi connectivity index (χ4v) is 3.21. The second-order valence-electron chi connectivity index (χ2n) is 4.96. The van der Waals surface area contributed by atoms with E-state index in [1.54, 1.807) is 0 Å². The van der Waals surface area contributed by atoms with Crippen molar-refractivity contribution in [3.05, 3.63) is 40.9 Å². The van der Waals surface area contributed by atoms with Crippen LogP contribution >= 0.6 is 11.6 Å². The average Bonchev–Trinajstić information content (AvgIpc) is 2.87. The minimum Gasteiger partial charge on any atom is -0.464 e. The lowest BCUT2D eigenvalue weighted by Crippen LogP contribution is -2.42. The lowest BCUT2D eigenvalue weighted by atomic mass is 9.79. The van der Waals surface area contributed by atoms with E-state index in [-0.39, 0.29) is 23.8 Å². The van der Waals surface area contributed by atoms with Crippen molar-refractivity contribution >= 4 is 23.3 Å². The first-order valence-corrected chi connectivity index (χ1v) is 6.97. The summed E-state index contributed by atoms with van der Waals surface area (Å²) in [5, 5.41) is 4.04. The third-order valence-corrected chi connectivity index (χ3v) is 4.10. The zero-order chi connectivity index (χ0) is 13.4. The number of esters is 1. The van der Waals surface area contributed by atoms with E-state index in [0.29, 0.717) is 6.61 Å². The van der Waals surface area contributed by atoms with Crippen LogP contribution in [0.25, 0.3) is 0 Å². The molecule has 0 amide bonds. The predicted octanol–water partition coefficient (Wildman–Crippen LogP) is 3.36. The molecule has 1 aliphatic carbocycles. The van der Waals surface area contributed by atoms with Crippen molar-refractivity contribution in [1.29, 1.82) is 0 Å². The summed E-state index contributed by atoms with van der Waals surface area (Å²) in [6.07, 6.45) is 5.21. The molecule has 1 aromatic carbocycles. The van der Waals surface area contributed by atoms with Crippen molar-refractivity contribution in [1.82, 2.24) is 0 Å². The number of nitrogens with one attached hydrogen (secondary N) is 1. The van der Waals surface area contributed by atoms with Gasteiger partial charge in [-0.3, -0.25) is 0 Å². The van der Waals surface area contributed by atoms with Gasteiger partial charge in [0.2, 0.25) is 0 Å². The molecule has 2 aliphatic rings. The Bertz CT molecular complexity index is 541. The highest BCUT2D eigenvalue weighted by Crippen LogP contribution is 2.45. The molecule has 100 valence electrons. The standard InChI is InChI=1S/C15H16ClNO2/c1-2-19-15(18)14-11-5-3-4-10(11)12-8-9(16)6-7-13(12)17-14/h3-4,6-8,10-11,14,17H,2,5H2,1H3/t10-,11+,14-/m1/s1. The zero-order valence-electron chi connectivity index (χ0n) is 10.7. The molecule has 1 N–H and O–H groups in total. The van der Waals surface area contributed by atoms with E-state index in [9.17, 15) is 4.79 Å². The zero-order valence-corrected chi connectivity index (χ0v) is 11.5. The summed E-state index contributed by atoms with van der Waals surface area (Å²) in [5.74, 6) is 0.316. The summed E-state index contributed by atoms with van der Waals surface area (Å²) in [6.45, 7) is 2.24. The Morgan fingerprint density at radius 3 is 3.16 bits per heavy atom. The maximum atomic E-state index is 12.1. The number of anilines is 1. The number of halogens is 1. The molecule has 19 heavy (non-hydrogen) atoms. The van der Waals surface area contributed by atoms with Gasteiger partial charge >= 0.3 is 5.97 Å². The molecule has 3 nitrogen and oxygen atoms in total. The topological polar surface area (TPSA) is 38.3 Å². The number of allylic oxidation sites excluding steroid dienone is 2. The first-order valence-electron chi connectivity index (χ1n) is 6.60. The Balaban J connectivity index is 1.97. The van der Waals surface area contributed by atoms with Crippen molar-refractivity contribution in [2.24, 2.45) is 5.92 Å². The highest BCUT2D eigenvalue weighted by atomic mass is 35.5. The second-order valence-corrected chi connectivity index (χ2v) is 5.40. The summed E-state index contributed by atoms with van der Waals surface area (Å²) in [4.78, 5) is 12.1. The largest absolute Gasteiger partial charge is 0.464 e. The SMILES string of the molecule is CCOC(=O)[C@@H]1Nc2ccc(Cl)cc2[C@@H]2C=CC[C@H]12. The fraction of sp³-hybridized carbons (Fsp3) is 0.400. The molecule has 0 radical (unpaired) electrons. The van der Waals surface area contributed by atoms with Crippen LogP contribution in [0.5, 0.6) is 0 Å². The number of carbonyl (C=O) groups excluding carboxylic acids is 1. The lowest BCUT2D eigenvalue weighted by Gasteiger charge is -2.35. The van der Waals surface area contributed by atoms with Crippen molar-refractivity contribution in [2.75, 3.05) is 11.9 Å². The predicted molar refractivity (Wildman–Crippen MR) is 75.5 cm³/mol. The van der Waals surface area contributed by atoms with Gasteiger partial charge in [0.15, 0.2) is 0 Å². The van der Waals surface area contributed by atoms with Gasteiger partial charge in [0.25, 0.3) is 0 Å². The van der Waals surface area contributed by atoms with Crippen LogP contribution in [-0.2, 0) is 9.53 Å². The Kier molecular flexibility index (Phi) is 3.23. The van der Waals surface area contributed by atoms with Crippen LogP contribution in [0.1, 0.15) is 24.8 Å². The molecule has 3 atom stereocenters. The number of rotatable bonds is 2. The van der Waals surface area contributed by atoms with Crippen LogP contribution in [0.2, 0.25) is 5.02 Å². The first-order chi connectivity index (χ1) is 9.20. The molecule has 1 heterocycles. The molecular weight excluding hydrogens is 262 g/mol. The Morgan fingerprint density at radius 2 is 2.37 bits per heavy atom. The highest BCUT2D eigenvalue weighted by Gasteiger charge is 2.41. The van der Waals surface area contributed by atoms with Gasteiger partial charge < -0.3 is 10.1 Å². The minimum absolute atomic E-state index is 0.165. The first kappa shape index (κ1) is 12.5. The molecule has 0 fully saturated rings. The van der Waals surface area contributed by atoms with Gasteiger partial charge in [0.05, 0.1) is 6.61 Å².